The summed E-state index contributed by atoms with van der Waals surface area (Å²) in [4.78, 5) is 24.6. The third-order valence-electron chi connectivity index (χ3n) is 7.82. The standard InChI is InChI=1S/C30H55NO4/c1-26-17-15-20-28(25-26)34-23-16-24-35-30(33)22-21-29(32)31-27-18-13-11-9-7-5-3-2-4-6-8-10-12-14-19-27/h26-28H,2-25H2,1H3,(H,31,32). The van der Waals surface area contributed by atoms with Crippen molar-refractivity contribution in [1.29, 1.82) is 0 Å². The van der Waals surface area contributed by atoms with Gasteiger partial charge in [-0.25, -0.2) is 0 Å². The van der Waals surface area contributed by atoms with Crippen LogP contribution in [-0.2, 0) is 19.1 Å². The van der Waals surface area contributed by atoms with Gasteiger partial charge in [0, 0.05) is 18.9 Å². The fraction of sp³-hybridized carbons (Fsp3) is 0.933. The maximum Gasteiger partial charge on any atom is 0.306 e. The van der Waals surface area contributed by atoms with Crippen LogP contribution in [0.4, 0.5) is 0 Å². The van der Waals surface area contributed by atoms with Crippen LogP contribution in [0.1, 0.15) is 148 Å². The number of hydrogen-bond donors (Lipinski definition) is 1. The first-order valence-electron chi connectivity index (χ1n) is 15.2. The summed E-state index contributed by atoms with van der Waals surface area (Å²) < 4.78 is 11.3. The van der Waals surface area contributed by atoms with E-state index in [0.717, 1.165) is 38.0 Å². The molecular formula is C30H55NO4. The van der Waals surface area contributed by atoms with Crippen LogP contribution in [0.3, 0.4) is 0 Å². The Morgan fingerprint density at radius 3 is 1.83 bits per heavy atom. The molecule has 5 heteroatoms. The van der Waals surface area contributed by atoms with Crippen LogP contribution in [0, 0.1) is 5.92 Å². The van der Waals surface area contributed by atoms with Crippen LogP contribution in [0.25, 0.3) is 0 Å². The molecule has 0 aromatic carbocycles. The summed E-state index contributed by atoms with van der Waals surface area (Å²) in [6, 6.07) is 0.256. The summed E-state index contributed by atoms with van der Waals surface area (Å²) in [5.41, 5.74) is 0. The Balaban J connectivity index is 1.56. The number of amides is 1. The van der Waals surface area contributed by atoms with Gasteiger partial charge in [-0.05, 0) is 31.6 Å². The lowest BCUT2D eigenvalue weighted by Crippen LogP contribution is -2.35. The van der Waals surface area contributed by atoms with Crippen molar-refractivity contribution in [2.45, 2.75) is 160 Å². The van der Waals surface area contributed by atoms with E-state index in [0.29, 0.717) is 19.3 Å². The summed E-state index contributed by atoms with van der Waals surface area (Å²) in [7, 11) is 0. The fourth-order valence-electron chi connectivity index (χ4n) is 5.63. The molecule has 5 nitrogen and oxygen atoms in total. The van der Waals surface area contributed by atoms with Crippen molar-refractivity contribution in [3.05, 3.63) is 0 Å². The molecule has 2 unspecified atom stereocenters. The number of carbonyl (C=O) groups is 2. The Labute approximate surface area is 215 Å². The fourth-order valence-corrected chi connectivity index (χ4v) is 5.63. The summed E-state index contributed by atoms with van der Waals surface area (Å²) >= 11 is 0. The quantitative estimate of drug-likeness (QED) is 0.265. The first-order valence-corrected chi connectivity index (χ1v) is 15.2. The second kappa shape index (κ2) is 20.0. The lowest BCUT2D eigenvalue weighted by molar-refractivity contribution is -0.145. The Morgan fingerprint density at radius 2 is 1.26 bits per heavy atom. The average molecular weight is 494 g/mol. The van der Waals surface area contributed by atoms with Crippen LogP contribution >= 0.6 is 0 Å². The second-order valence-corrected chi connectivity index (χ2v) is 11.3. The highest BCUT2D eigenvalue weighted by Gasteiger charge is 2.19. The van der Waals surface area contributed by atoms with Crippen molar-refractivity contribution in [3.8, 4) is 0 Å². The smallest absolute Gasteiger partial charge is 0.306 e. The molecule has 1 N–H and O–H groups in total. The van der Waals surface area contributed by atoms with Gasteiger partial charge >= 0.3 is 5.97 Å². The molecule has 2 rings (SSSR count). The molecule has 204 valence electrons. The SMILES string of the molecule is CC1CCCC(OCCCOC(=O)CCC(=O)NC2CCCCCCCCCCCCCCC2)C1. The zero-order chi connectivity index (χ0) is 25.0. The molecule has 0 bridgehead atoms. The van der Waals surface area contributed by atoms with E-state index in [9.17, 15) is 9.59 Å². The van der Waals surface area contributed by atoms with Crippen molar-refractivity contribution in [3.63, 3.8) is 0 Å². The van der Waals surface area contributed by atoms with E-state index in [-0.39, 0.29) is 30.8 Å². The largest absolute Gasteiger partial charge is 0.466 e. The Bertz CT molecular complexity index is 536. The minimum atomic E-state index is -0.274. The van der Waals surface area contributed by atoms with E-state index in [4.69, 9.17) is 9.47 Å². The molecule has 2 aliphatic rings. The van der Waals surface area contributed by atoms with Gasteiger partial charge in [-0.3, -0.25) is 9.59 Å². The van der Waals surface area contributed by atoms with Gasteiger partial charge in [0.15, 0.2) is 0 Å². The molecule has 1 amide bonds. The number of hydrogen-bond acceptors (Lipinski definition) is 4. The number of rotatable bonds is 9. The van der Waals surface area contributed by atoms with Crippen LogP contribution in [0.2, 0.25) is 0 Å². The topological polar surface area (TPSA) is 64.6 Å². The summed E-state index contributed by atoms with van der Waals surface area (Å²) in [5, 5.41) is 3.23. The van der Waals surface area contributed by atoms with E-state index in [2.05, 4.69) is 12.2 Å². The zero-order valence-electron chi connectivity index (χ0n) is 22.8. The summed E-state index contributed by atoms with van der Waals surface area (Å²) in [6.45, 7) is 3.32. The van der Waals surface area contributed by atoms with Gasteiger partial charge in [0.2, 0.25) is 5.91 Å². The van der Waals surface area contributed by atoms with E-state index in [1.807, 2.05) is 0 Å². The summed E-state index contributed by atoms with van der Waals surface area (Å²) in [5.74, 6) is 0.479. The second-order valence-electron chi connectivity index (χ2n) is 11.3. The van der Waals surface area contributed by atoms with Crippen molar-refractivity contribution < 1.29 is 19.1 Å². The lowest BCUT2D eigenvalue weighted by atomic mass is 9.89. The minimum Gasteiger partial charge on any atom is -0.466 e. The molecule has 0 aromatic heterocycles. The third-order valence-corrected chi connectivity index (χ3v) is 7.82. The van der Waals surface area contributed by atoms with Crippen molar-refractivity contribution in [2.75, 3.05) is 13.2 Å². The number of carbonyl (C=O) groups excluding carboxylic acids is 2. The Kier molecular flexibility index (Phi) is 17.2. The Morgan fingerprint density at radius 1 is 0.686 bits per heavy atom. The van der Waals surface area contributed by atoms with Gasteiger partial charge < -0.3 is 14.8 Å². The zero-order valence-corrected chi connectivity index (χ0v) is 22.8. The molecule has 0 spiro atoms. The molecule has 2 fully saturated rings. The molecule has 0 radical (unpaired) electrons. The van der Waals surface area contributed by atoms with Gasteiger partial charge in [-0.1, -0.05) is 103 Å². The number of esters is 1. The van der Waals surface area contributed by atoms with Gasteiger partial charge in [0.05, 0.1) is 25.7 Å². The van der Waals surface area contributed by atoms with Crippen LogP contribution in [-0.4, -0.2) is 37.2 Å². The van der Waals surface area contributed by atoms with E-state index in [1.54, 1.807) is 0 Å². The highest BCUT2D eigenvalue weighted by molar-refractivity contribution is 5.81. The van der Waals surface area contributed by atoms with Crippen LogP contribution in [0.15, 0.2) is 0 Å². The highest BCUT2D eigenvalue weighted by atomic mass is 16.5. The maximum atomic E-state index is 12.5. The lowest BCUT2D eigenvalue weighted by Gasteiger charge is -2.26. The molecule has 2 atom stereocenters. The predicted octanol–water partition coefficient (Wildman–Crippen LogP) is 7.65. The van der Waals surface area contributed by atoms with Crippen molar-refractivity contribution >= 4 is 11.9 Å². The molecule has 0 saturated heterocycles. The van der Waals surface area contributed by atoms with Gasteiger partial charge in [0.1, 0.15) is 0 Å². The van der Waals surface area contributed by atoms with Gasteiger partial charge in [-0.15, -0.1) is 0 Å². The number of ether oxygens (including phenoxy) is 2. The number of nitrogens with one attached hydrogen (secondary N) is 1. The van der Waals surface area contributed by atoms with Crippen LogP contribution < -0.4 is 5.32 Å². The minimum absolute atomic E-state index is 0.00361. The van der Waals surface area contributed by atoms with Crippen molar-refractivity contribution in [2.24, 2.45) is 5.92 Å². The van der Waals surface area contributed by atoms with E-state index in [1.165, 1.54) is 96.3 Å². The van der Waals surface area contributed by atoms with Gasteiger partial charge in [-0.2, -0.15) is 0 Å². The van der Waals surface area contributed by atoms with Crippen molar-refractivity contribution in [1.82, 2.24) is 5.32 Å². The molecule has 2 saturated carbocycles. The predicted molar refractivity (Wildman–Crippen MR) is 143 cm³/mol. The normalized spacial score (nSPS) is 24.5. The highest BCUT2D eigenvalue weighted by Crippen LogP contribution is 2.25. The first-order chi connectivity index (χ1) is 17.1. The van der Waals surface area contributed by atoms with Crippen LogP contribution in [0.5, 0.6) is 0 Å². The maximum absolute atomic E-state index is 12.5. The first kappa shape index (κ1) is 30.1. The average Bonchev–Trinajstić information content (AvgIpc) is 2.84. The van der Waals surface area contributed by atoms with E-state index >= 15 is 0 Å². The van der Waals surface area contributed by atoms with Gasteiger partial charge in [0.25, 0.3) is 0 Å². The molecule has 0 aromatic rings. The monoisotopic (exact) mass is 493 g/mol. The Hall–Kier alpha value is -1.10. The third kappa shape index (κ3) is 16.3. The molecular weight excluding hydrogens is 438 g/mol. The summed E-state index contributed by atoms with van der Waals surface area (Å²) in [6.07, 6.45) is 25.7. The molecule has 2 aliphatic carbocycles. The molecule has 35 heavy (non-hydrogen) atoms. The molecule has 0 aliphatic heterocycles. The van der Waals surface area contributed by atoms with E-state index < -0.39 is 0 Å². The molecule has 0 heterocycles.